The van der Waals surface area contributed by atoms with Gasteiger partial charge in [0.1, 0.15) is 0 Å². The molecule has 23 heavy (non-hydrogen) atoms. The first-order valence-corrected chi connectivity index (χ1v) is 8.60. The number of likely N-dealkylation sites (tertiary alicyclic amines) is 1. The Balaban J connectivity index is 0.000000203. The lowest BCUT2D eigenvalue weighted by atomic mass is 10.1. The average Bonchev–Trinajstić information content (AvgIpc) is 2.60. The number of ether oxygens (including phenoxy) is 1. The molecule has 2 aliphatic heterocycles. The van der Waals surface area contributed by atoms with E-state index >= 15 is 0 Å². The standard InChI is InChI=1S/C11H15N3O.C7H15N/c12-9-13-10-3-1-2-4-11(10)14-5-7-15-8-6-14;1-7-5-3-4-6-8(7)2/h1-4,9H,5-8H2,(H2,12,13);7H,3-6H2,1-2H3. The number of nitrogens with zero attached hydrogens (tertiary/aromatic N) is 2. The van der Waals surface area contributed by atoms with E-state index in [-0.39, 0.29) is 0 Å². The van der Waals surface area contributed by atoms with Crippen LogP contribution in [0, 0.1) is 5.41 Å². The van der Waals surface area contributed by atoms with Gasteiger partial charge in [0.05, 0.1) is 30.9 Å². The summed E-state index contributed by atoms with van der Waals surface area (Å²) in [6.07, 6.45) is 5.45. The zero-order chi connectivity index (χ0) is 16.5. The SMILES string of the molecule is CC1CCCCN1C.N=CNc1ccccc1N1CCOCC1. The molecule has 0 amide bonds. The quantitative estimate of drug-likeness (QED) is 0.664. The number of nitrogens with one attached hydrogen (secondary N) is 2. The van der Waals surface area contributed by atoms with Gasteiger partial charge >= 0.3 is 0 Å². The van der Waals surface area contributed by atoms with Crippen molar-refractivity contribution in [3.8, 4) is 0 Å². The van der Waals surface area contributed by atoms with Gasteiger partial charge in [0.2, 0.25) is 0 Å². The highest BCUT2D eigenvalue weighted by molar-refractivity contribution is 5.82. The van der Waals surface area contributed by atoms with Crippen LogP contribution in [0.5, 0.6) is 0 Å². The van der Waals surface area contributed by atoms with Crippen LogP contribution in [-0.4, -0.2) is 57.2 Å². The van der Waals surface area contributed by atoms with Crippen LogP contribution >= 0.6 is 0 Å². The third-order valence-corrected chi connectivity index (χ3v) is 4.62. The highest BCUT2D eigenvalue weighted by Gasteiger charge is 2.13. The molecule has 0 bridgehead atoms. The van der Waals surface area contributed by atoms with Crippen molar-refractivity contribution in [3.63, 3.8) is 0 Å². The third kappa shape index (κ3) is 5.52. The molecule has 1 aromatic carbocycles. The van der Waals surface area contributed by atoms with Crippen molar-refractivity contribution in [2.75, 3.05) is 50.1 Å². The number of hydrogen-bond acceptors (Lipinski definition) is 4. The summed E-state index contributed by atoms with van der Waals surface area (Å²) < 4.78 is 5.31. The van der Waals surface area contributed by atoms with Crippen molar-refractivity contribution in [3.05, 3.63) is 24.3 Å². The fourth-order valence-electron chi connectivity index (χ4n) is 3.00. The lowest BCUT2D eigenvalue weighted by molar-refractivity contribution is 0.123. The maximum atomic E-state index is 7.07. The first-order valence-electron chi connectivity index (χ1n) is 8.60. The number of hydrogen-bond donors (Lipinski definition) is 2. The molecule has 5 nitrogen and oxygen atoms in total. The van der Waals surface area contributed by atoms with Crippen LogP contribution in [0.25, 0.3) is 0 Å². The Kier molecular flexibility index (Phi) is 7.36. The molecule has 0 aromatic heterocycles. The van der Waals surface area contributed by atoms with Crippen LogP contribution in [0.4, 0.5) is 11.4 Å². The average molecular weight is 318 g/mol. The topological polar surface area (TPSA) is 51.6 Å². The highest BCUT2D eigenvalue weighted by Crippen LogP contribution is 2.25. The molecule has 0 spiro atoms. The maximum absolute atomic E-state index is 7.07. The van der Waals surface area contributed by atoms with E-state index in [0.29, 0.717) is 0 Å². The molecule has 2 fully saturated rings. The largest absolute Gasteiger partial charge is 0.378 e. The van der Waals surface area contributed by atoms with Gasteiger partial charge in [0, 0.05) is 19.1 Å². The normalized spacial score (nSPS) is 22.0. The zero-order valence-corrected chi connectivity index (χ0v) is 14.4. The van der Waals surface area contributed by atoms with E-state index in [9.17, 15) is 0 Å². The summed E-state index contributed by atoms with van der Waals surface area (Å²) >= 11 is 0. The molecule has 2 aliphatic rings. The molecule has 2 N–H and O–H groups in total. The molecule has 2 heterocycles. The van der Waals surface area contributed by atoms with E-state index in [1.165, 1.54) is 32.1 Å². The summed E-state index contributed by atoms with van der Waals surface area (Å²) in [5.41, 5.74) is 2.12. The number of benzene rings is 1. The van der Waals surface area contributed by atoms with Crippen LogP contribution in [0.2, 0.25) is 0 Å². The van der Waals surface area contributed by atoms with Gasteiger partial charge in [0.25, 0.3) is 0 Å². The van der Waals surface area contributed by atoms with E-state index in [1.54, 1.807) is 0 Å². The molecular formula is C18H30N4O. The Bertz CT molecular complexity index is 464. The van der Waals surface area contributed by atoms with E-state index < -0.39 is 0 Å². The minimum Gasteiger partial charge on any atom is -0.378 e. The maximum Gasteiger partial charge on any atom is 0.0835 e. The number of morpholine rings is 1. The summed E-state index contributed by atoms with van der Waals surface area (Å²) in [4.78, 5) is 4.71. The Hall–Kier alpha value is -1.59. The van der Waals surface area contributed by atoms with Crippen LogP contribution in [0.15, 0.2) is 24.3 Å². The van der Waals surface area contributed by atoms with Crippen LogP contribution in [-0.2, 0) is 4.74 Å². The summed E-state index contributed by atoms with van der Waals surface area (Å²) in [6, 6.07) is 8.87. The minimum absolute atomic E-state index is 0.777. The number of para-hydroxylation sites is 2. The second-order valence-corrected chi connectivity index (χ2v) is 6.23. The van der Waals surface area contributed by atoms with Gasteiger partial charge in [-0.3, -0.25) is 5.41 Å². The number of piperidine rings is 1. The van der Waals surface area contributed by atoms with Gasteiger partial charge < -0.3 is 19.9 Å². The first kappa shape index (κ1) is 17.8. The zero-order valence-electron chi connectivity index (χ0n) is 14.4. The first-order chi connectivity index (χ1) is 11.2. The molecule has 2 saturated heterocycles. The van der Waals surface area contributed by atoms with Crippen molar-refractivity contribution in [1.82, 2.24) is 4.90 Å². The van der Waals surface area contributed by atoms with Crippen molar-refractivity contribution >= 4 is 17.7 Å². The lowest BCUT2D eigenvalue weighted by Gasteiger charge is -2.30. The predicted molar refractivity (Wildman–Crippen MR) is 97.8 cm³/mol. The molecule has 0 aliphatic carbocycles. The highest BCUT2D eigenvalue weighted by atomic mass is 16.5. The molecule has 1 aromatic rings. The molecule has 0 radical (unpaired) electrons. The van der Waals surface area contributed by atoms with Crippen molar-refractivity contribution in [2.45, 2.75) is 32.2 Å². The Morgan fingerprint density at radius 3 is 2.52 bits per heavy atom. The fourth-order valence-corrected chi connectivity index (χ4v) is 3.00. The van der Waals surface area contributed by atoms with Crippen LogP contribution in [0.3, 0.4) is 0 Å². The van der Waals surface area contributed by atoms with Crippen LogP contribution < -0.4 is 10.2 Å². The number of anilines is 2. The van der Waals surface area contributed by atoms with Gasteiger partial charge in [-0.15, -0.1) is 0 Å². The second kappa shape index (κ2) is 9.53. The van der Waals surface area contributed by atoms with Crippen molar-refractivity contribution in [2.24, 2.45) is 0 Å². The smallest absolute Gasteiger partial charge is 0.0835 e. The summed E-state index contributed by atoms with van der Waals surface area (Å²) in [6.45, 7) is 6.99. The van der Waals surface area contributed by atoms with Gasteiger partial charge in [0.15, 0.2) is 0 Å². The molecule has 5 heteroatoms. The number of rotatable bonds is 3. The van der Waals surface area contributed by atoms with Crippen molar-refractivity contribution in [1.29, 1.82) is 5.41 Å². The Labute approximate surface area is 140 Å². The van der Waals surface area contributed by atoms with E-state index in [2.05, 4.69) is 35.2 Å². The Morgan fingerprint density at radius 1 is 1.17 bits per heavy atom. The summed E-state index contributed by atoms with van der Waals surface area (Å²) in [7, 11) is 2.21. The van der Waals surface area contributed by atoms with Gasteiger partial charge in [-0.25, -0.2) is 0 Å². The fraction of sp³-hybridized carbons (Fsp3) is 0.611. The molecule has 128 valence electrons. The third-order valence-electron chi connectivity index (χ3n) is 4.62. The predicted octanol–water partition coefficient (Wildman–Crippen LogP) is 3.03. The van der Waals surface area contributed by atoms with E-state index in [1.807, 2.05) is 18.2 Å². The molecular weight excluding hydrogens is 288 g/mol. The minimum atomic E-state index is 0.777. The van der Waals surface area contributed by atoms with Gasteiger partial charge in [-0.05, 0) is 45.5 Å². The summed E-state index contributed by atoms with van der Waals surface area (Å²) in [5, 5.41) is 10.0. The molecule has 1 unspecified atom stereocenters. The van der Waals surface area contributed by atoms with Gasteiger partial charge in [-0.2, -0.15) is 0 Å². The molecule has 3 rings (SSSR count). The lowest BCUT2D eigenvalue weighted by Crippen LogP contribution is -2.36. The van der Waals surface area contributed by atoms with Gasteiger partial charge in [-0.1, -0.05) is 18.6 Å². The molecule has 0 saturated carbocycles. The Morgan fingerprint density at radius 2 is 1.91 bits per heavy atom. The monoisotopic (exact) mass is 318 g/mol. The second-order valence-electron chi connectivity index (χ2n) is 6.23. The van der Waals surface area contributed by atoms with Crippen LogP contribution in [0.1, 0.15) is 26.2 Å². The summed E-state index contributed by atoms with van der Waals surface area (Å²) in [5.74, 6) is 0. The molecule has 1 atom stereocenters. The van der Waals surface area contributed by atoms with Crippen molar-refractivity contribution < 1.29 is 4.74 Å². The van der Waals surface area contributed by atoms with E-state index in [4.69, 9.17) is 10.1 Å². The van der Waals surface area contributed by atoms with E-state index in [0.717, 1.165) is 43.7 Å².